The third kappa shape index (κ3) is 3.88. The van der Waals surface area contributed by atoms with Crippen LogP contribution in [-0.4, -0.2) is 36.0 Å². The summed E-state index contributed by atoms with van der Waals surface area (Å²) in [4.78, 5) is 25.6. The van der Waals surface area contributed by atoms with E-state index in [9.17, 15) is 9.59 Å². The van der Waals surface area contributed by atoms with Crippen LogP contribution in [-0.2, 0) is 4.79 Å². The molecular weight excluding hydrogens is 314 g/mol. The largest absolute Gasteiger partial charge is 0.336 e. The second-order valence-corrected chi connectivity index (χ2v) is 6.36. The fraction of sp³-hybridized carbons (Fsp3) is 0.300. The Bertz CT molecular complexity index is 743. The van der Waals surface area contributed by atoms with Crippen molar-refractivity contribution in [2.45, 2.75) is 25.9 Å². The lowest BCUT2D eigenvalue weighted by molar-refractivity contribution is -0.129. The lowest BCUT2D eigenvalue weighted by Crippen LogP contribution is -2.47. The highest BCUT2D eigenvalue weighted by atomic mass is 16.2. The number of rotatable bonds is 5. The maximum absolute atomic E-state index is 12.6. The lowest BCUT2D eigenvalue weighted by Gasteiger charge is -2.26. The normalized spacial score (nSPS) is 16.4. The van der Waals surface area contributed by atoms with Gasteiger partial charge in [-0.25, -0.2) is 4.79 Å². The molecule has 1 aliphatic heterocycles. The molecule has 0 saturated carbocycles. The second kappa shape index (κ2) is 7.49. The van der Waals surface area contributed by atoms with Gasteiger partial charge < -0.3 is 5.32 Å². The summed E-state index contributed by atoms with van der Waals surface area (Å²) in [5.74, 6) is -0.206. The second-order valence-electron chi connectivity index (χ2n) is 6.36. The topological polar surface area (TPSA) is 61.4 Å². The maximum Gasteiger partial charge on any atom is 0.324 e. The number of carbonyl (C=O) groups is 2. The number of nitrogens with zero attached hydrogens (tertiary/aromatic N) is 1. The van der Waals surface area contributed by atoms with Crippen molar-refractivity contribution in [3.8, 4) is 0 Å². The number of imide groups is 1. The van der Waals surface area contributed by atoms with Gasteiger partial charge in [0.15, 0.2) is 0 Å². The minimum absolute atomic E-state index is 0.119. The molecule has 0 aromatic heterocycles. The van der Waals surface area contributed by atoms with Crippen LogP contribution in [0.3, 0.4) is 0 Å². The monoisotopic (exact) mass is 337 g/mol. The Balaban J connectivity index is 1.83. The number of hydrogen-bond acceptors (Lipinski definition) is 3. The van der Waals surface area contributed by atoms with Crippen molar-refractivity contribution in [2.24, 2.45) is 0 Å². The van der Waals surface area contributed by atoms with E-state index >= 15 is 0 Å². The Kier molecular flexibility index (Phi) is 5.14. The molecule has 2 aromatic carbocycles. The summed E-state index contributed by atoms with van der Waals surface area (Å²) < 4.78 is 0. The van der Waals surface area contributed by atoms with Crippen molar-refractivity contribution in [1.82, 2.24) is 15.5 Å². The number of nitrogens with one attached hydrogen (secondary N) is 2. The Hall–Kier alpha value is -2.66. The molecule has 1 fully saturated rings. The molecule has 0 unspecified atom stereocenters. The average Bonchev–Trinajstić information content (AvgIpc) is 3.06. The lowest BCUT2D eigenvalue weighted by atomic mass is 9.97. The molecule has 2 N–H and O–H groups in total. The molecular formula is C20H23N3O2. The minimum atomic E-state index is -0.477. The van der Waals surface area contributed by atoms with Gasteiger partial charge in [-0.05, 0) is 25.0 Å². The first-order chi connectivity index (χ1) is 12.1. The first-order valence-corrected chi connectivity index (χ1v) is 8.53. The van der Waals surface area contributed by atoms with Crippen LogP contribution in [0.5, 0.6) is 0 Å². The Labute approximate surface area is 148 Å². The predicted octanol–water partition coefficient (Wildman–Crippen LogP) is 2.61. The number of aryl methyl sites for hydroxylation is 1. The molecule has 0 spiro atoms. The first-order valence-electron chi connectivity index (χ1n) is 8.53. The van der Waals surface area contributed by atoms with E-state index in [-0.39, 0.29) is 18.0 Å². The van der Waals surface area contributed by atoms with Gasteiger partial charge in [0.1, 0.15) is 0 Å². The number of benzene rings is 2. The zero-order valence-electron chi connectivity index (χ0n) is 14.5. The van der Waals surface area contributed by atoms with E-state index in [1.165, 1.54) is 10.5 Å². The Morgan fingerprint density at radius 1 is 1.08 bits per heavy atom. The summed E-state index contributed by atoms with van der Waals surface area (Å²) in [6.07, 6.45) is 0. The molecule has 3 rings (SSSR count). The number of hydrogen-bond donors (Lipinski definition) is 2. The van der Waals surface area contributed by atoms with E-state index in [0.717, 1.165) is 11.1 Å². The molecule has 1 heterocycles. The summed E-state index contributed by atoms with van der Waals surface area (Å²) in [6.45, 7) is 4.78. The molecule has 5 heteroatoms. The van der Waals surface area contributed by atoms with Crippen LogP contribution >= 0.6 is 0 Å². The number of amides is 3. The fourth-order valence-electron chi connectivity index (χ4n) is 3.03. The molecule has 3 amide bonds. The molecule has 1 saturated heterocycles. The van der Waals surface area contributed by atoms with Crippen molar-refractivity contribution >= 4 is 11.9 Å². The van der Waals surface area contributed by atoms with E-state index in [4.69, 9.17) is 0 Å². The number of carbonyl (C=O) groups excluding carboxylic acids is 2. The quantitative estimate of drug-likeness (QED) is 0.882. The van der Waals surface area contributed by atoms with Crippen molar-refractivity contribution in [1.29, 1.82) is 0 Å². The Morgan fingerprint density at radius 3 is 2.32 bits per heavy atom. The van der Waals surface area contributed by atoms with E-state index < -0.39 is 6.04 Å². The van der Waals surface area contributed by atoms with E-state index in [2.05, 4.69) is 34.9 Å². The van der Waals surface area contributed by atoms with Crippen molar-refractivity contribution in [3.63, 3.8) is 0 Å². The third-order valence-electron chi connectivity index (χ3n) is 4.45. The highest BCUT2D eigenvalue weighted by molar-refractivity contribution is 5.98. The molecule has 0 radical (unpaired) electrons. The van der Waals surface area contributed by atoms with Gasteiger partial charge >= 0.3 is 6.03 Å². The molecule has 0 aliphatic carbocycles. The van der Waals surface area contributed by atoms with Crippen LogP contribution in [0.2, 0.25) is 0 Å². The van der Waals surface area contributed by atoms with Gasteiger partial charge in [-0.3, -0.25) is 15.0 Å². The first kappa shape index (κ1) is 17.2. The zero-order valence-corrected chi connectivity index (χ0v) is 14.5. The summed E-state index contributed by atoms with van der Waals surface area (Å²) >= 11 is 0. The van der Waals surface area contributed by atoms with Crippen LogP contribution in [0.1, 0.15) is 29.7 Å². The van der Waals surface area contributed by atoms with E-state index in [0.29, 0.717) is 13.1 Å². The summed E-state index contributed by atoms with van der Waals surface area (Å²) in [5, 5.41) is 6.06. The van der Waals surface area contributed by atoms with E-state index in [1.54, 1.807) is 6.92 Å². The van der Waals surface area contributed by atoms with Crippen LogP contribution in [0.25, 0.3) is 0 Å². The Morgan fingerprint density at radius 2 is 1.72 bits per heavy atom. The van der Waals surface area contributed by atoms with E-state index in [1.807, 2.05) is 37.3 Å². The van der Waals surface area contributed by atoms with Gasteiger partial charge in [0, 0.05) is 13.1 Å². The van der Waals surface area contributed by atoms with Gasteiger partial charge in [0.25, 0.3) is 0 Å². The van der Waals surface area contributed by atoms with Gasteiger partial charge in [-0.1, -0.05) is 60.2 Å². The summed E-state index contributed by atoms with van der Waals surface area (Å²) in [6, 6.07) is 17.4. The van der Waals surface area contributed by atoms with Gasteiger partial charge in [0.05, 0.1) is 12.1 Å². The molecule has 2 aromatic rings. The van der Waals surface area contributed by atoms with Crippen LogP contribution in [0.4, 0.5) is 4.79 Å². The SMILES string of the molecule is Cc1ccc([C@H](N[C@@H](C)C(=O)N2CCNC2=O)c2ccccc2)cc1. The zero-order chi connectivity index (χ0) is 17.8. The van der Waals surface area contributed by atoms with Gasteiger partial charge in [0.2, 0.25) is 5.91 Å². The molecule has 0 bridgehead atoms. The summed E-state index contributed by atoms with van der Waals surface area (Å²) in [7, 11) is 0. The highest BCUT2D eigenvalue weighted by Crippen LogP contribution is 2.23. The van der Waals surface area contributed by atoms with Crippen molar-refractivity contribution < 1.29 is 9.59 Å². The molecule has 1 aliphatic rings. The fourth-order valence-corrected chi connectivity index (χ4v) is 3.03. The molecule has 25 heavy (non-hydrogen) atoms. The van der Waals surface area contributed by atoms with Gasteiger partial charge in [-0.15, -0.1) is 0 Å². The summed E-state index contributed by atoms with van der Waals surface area (Å²) in [5.41, 5.74) is 3.35. The molecule has 130 valence electrons. The van der Waals surface area contributed by atoms with Crippen LogP contribution in [0, 0.1) is 6.92 Å². The molecule has 5 nitrogen and oxygen atoms in total. The highest BCUT2D eigenvalue weighted by Gasteiger charge is 2.31. The maximum atomic E-state index is 12.6. The van der Waals surface area contributed by atoms with Crippen LogP contribution < -0.4 is 10.6 Å². The predicted molar refractivity (Wildman–Crippen MR) is 97.2 cm³/mol. The smallest absolute Gasteiger partial charge is 0.324 e. The third-order valence-corrected chi connectivity index (χ3v) is 4.45. The average molecular weight is 337 g/mol. The van der Waals surface area contributed by atoms with Crippen molar-refractivity contribution in [2.75, 3.05) is 13.1 Å². The van der Waals surface area contributed by atoms with Gasteiger partial charge in [-0.2, -0.15) is 0 Å². The molecule has 2 atom stereocenters. The standard InChI is InChI=1S/C20H23N3O2/c1-14-8-10-17(11-9-14)18(16-6-4-3-5-7-16)22-15(2)19(24)23-13-12-21-20(23)25/h3-11,15,18,22H,12-13H2,1-2H3,(H,21,25)/t15-,18+/m0/s1. The number of urea groups is 1. The van der Waals surface area contributed by atoms with Crippen molar-refractivity contribution in [3.05, 3.63) is 71.3 Å². The van der Waals surface area contributed by atoms with Crippen LogP contribution in [0.15, 0.2) is 54.6 Å². The minimum Gasteiger partial charge on any atom is -0.336 e.